The van der Waals surface area contributed by atoms with Crippen LogP contribution < -0.4 is 4.74 Å². The molecule has 15 nitrogen and oxygen atoms in total. The predicted molar refractivity (Wildman–Crippen MR) is 164 cm³/mol. The summed E-state index contributed by atoms with van der Waals surface area (Å²) >= 11 is 0. The van der Waals surface area contributed by atoms with E-state index in [1.165, 1.54) is 0 Å². The van der Waals surface area contributed by atoms with Crippen LogP contribution in [0.15, 0.2) is 24.3 Å². The van der Waals surface area contributed by atoms with Gasteiger partial charge in [-0.25, -0.2) is 0 Å². The van der Waals surface area contributed by atoms with Crippen molar-refractivity contribution < 1.29 is 53.8 Å². The highest BCUT2D eigenvalue weighted by Crippen LogP contribution is 2.17. The summed E-state index contributed by atoms with van der Waals surface area (Å²) in [5.74, 6) is -2.33. The number of nitrogens with zero attached hydrogens (tertiary/aromatic N) is 4. The van der Waals surface area contributed by atoms with Crippen molar-refractivity contribution in [3.05, 3.63) is 29.8 Å². The van der Waals surface area contributed by atoms with Crippen molar-refractivity contribution in [2.24, 2.45) is 0 Å². The molecule has 256 valence electrons. The molecule has 0 spiro atoms. The molecule has 0 unspecified atom stereocenters. The largest absolute Gasteiger partial charge is 0.491 e. The van der Waals surface area contributed by atoms with Gasteiger partial charge < -0.3 is 39.4 Å². The van der Waals surface area contributed by atoms with E-state index in [0.29, 0.717) is 97.6 Å². The highest BCUT2D eigenvalue weighted by molar-refractivity contribution is 5.70. The summed E-state index contributed by atoms with van der Waals surface area (Å²) in [6, 6.07) is 7.13. The fourth-order valence-electron chi connectivity index (χ4n) is 5.05. The molecule has 1 aromatic rings. The number of aliphatic hydroxyl groups is 1. The summed E-state index contributed by atoms with van der Waals surface area (Å²) < 4.78 is 21.5. The second-order valence-corrected chi connectivity index (χ2v) is 10.8. The first-order valence-electron chi connectivity index (χ1n) is 15.2. The van der Waals surface area contributed by atoms with Gasteiger partial charge in [0.05, 0.1) is 59.3 Å². The molecule has 0 aliphatic carbocycles. The van der Waals surface area contributed by atoms with Gasteiger partial charge >= 0.3 is 17.9 Å². The molecule has 1 fully saturated rings. The van der Waals surface area contributed by atoms with Crippen molar-refractivity contribution in [2.75, 3.05) is 125 Å². The molecule has 1 aliphatic heterocycles. The summed E-state index contributed by atoms with van der Waals surface area (Å²) in [5, 5.41) is 38.4. The van der Waals surface area contributed by atoms with Crippen LogP contribution in [-0.4, -0.2) is 189 Å². The number of ether oxygens (including phenoxy) is 4. The molecule has 1 aliphatic rings. The van der Waals surface area contributed by atoms with E-state index in [0.717, 1.165) is 5.56 Å². The Balaban J connectivity index is 2.13. The first-order chi connectivity index (χ1) is 21.7. The number of methoxy groups -OCH3 is 1. The molecule has 45 heavy (non-hydrogen) atoms. The SMILES string of the molecule is COCCOCCOCCOc1ccc(C[C@H]2CN(CC(=O)O)CCN(CC(=O)O)CCN(CCO)CCN2CC(=O)O)cc1. The second kappa shape index (κ2) is 22.6. The number of hydrogen-bond donors (Lipinski definition) is 4. The molecule has 0 saturated carbocycles. The minimum Gasteiger partial charge on any atom is -0.491 e. The van der Waals surface area contributed by atoms with Crippen LogP contribution in [0.5, 0.6) is 5.75 Å². The number of carbonyl (C=O) groups is 3. The number of benzene rings is 1. The van der Waals surface area contributed by atoms with E-state index in [-0.39, 0.29) is 38.8 Å². The Kier molecular flexibility index (Phi) is 19.2. The van der Waals surface area contributed by atoms with Gasteiger partial charge in [0.15, 0.2) is 0 Å². The number of hydrogen-bond acceptors (Lipinski definition) is 12. The van der Waals surface area contributed by atoms with Gasteiger partial charge in [0.1, 0.15) is 12.4 Å². The highest BCUT2D eigenvalue weighted by Gasteiger charge is 2.27. The van der Waals surface area contributed by atoms with Crippen LogP contribution in [0.4, 0.5) is 0 Å². The fourth-order valence-corrected chi connectivity index (χ4v) is 5.05. The van der Waals surface area contributed by atoms with E-state index in [1.54, 1.807) is 16.9 Å². The zero-order chi connectivity index (χ0) is 32.9. The van der Waals surface area contributed by atoms with Gasteiger partial charge in [0, 0.05) is 65.5 Å². The Morgan fingerprint density at radius 1 is 0.711 bits per heavy atom. The van der Waals surface area contributed by atoms with Gasteiger partial charge in [-0.3, -0.25) is 34.0 Å². The Morgan fingerprint density at radius 3 is 1.84 bits per heavy atom. The molecule has 1 atom stereocenters. The average molecular weight is 643 g/mol. The molecular weight excluding hydrogens is 592 g/mol. The van der Waals surface area contributed by atoms with E-state index in [2.05, 4.69) is 0 Å². The van der Waals surface area contributed by atoms with Crippen LogP contribution in [0, 0.1) is 0 Å². The zero-order valence-electron chi connectivity index (χ0n) is 26.3. The van der Waals surface area contributed by atoms with Crippen LogP contribution in [0.1, 0.15) is 5.56 Å². The molecular formula is C30H50N4O11. The number of β-amino-alcohol motifs (C(OH)–C–C–N with tert-alkyl or cyclic N) is 1. The normalized spacial score (nSPS) is 18.2. The number of rotatable bonds is 20. The topological polar surface area (TPSA) is 182 Å². The van der Waals surface area contributed by atoms with E-state index in [1.807, 2.05) is 34.1 Å². The maximum Gasteiger partial charge on any atom is 0.317 e. The molecule has 4 N–H and O–H groups in total. The maximum atomic E-state index is 11.9. The lowest BCUT2D eigenvalue weighted by atomic mass is 10.0. The van der Waals surface area contributed by atoms with E-state index in [4.69, 9.17) is 18.9 Å². The third-order valence-corrected chi connectivity index (χ3v) is 7.32. The van der Waals surface area contributed by atoms with Crippen LogP contribution in [0.2, 0.25) is 0 Å². The lowest BCUT2D eigenvalue weighted by Gasteiger charge is -2.37. The monoisotopic (exact) mass is 642 g/mol. The molecule has 0 bridgehead atoms. The number of aliphatic carboxylic acids is 3. The molecule has 1 saturated heterocycles. The molecule has 1 heterocycles. The fraction of sp³-hybridized carbons (Fsp3) is 0.700. The van der Waals surface area contributed by atoms with Gasteiger partial charge in [-0.1, -0.05) is 12.1 Å². The second-order valence-electron chi connectivity index (χ2n) is 10.8. The van der Waals surface area contributed by atoms with Crippen LogP contribution in [0.3, 0.4) is 0 Å². The van der Waals surface area contributed by atoms with Crippen molar-refractivity contribution in [2.45, 2.75) is 12.5 Å². The van der Waals surface area contributed by atoms with Crippen molar-refractivity contribution in [3.8, 4) is 5.75 Å². The highest BCUT2D eigenvalue weighted by atomic mass is 16.6. The van der Waals surface area contributed by atoms with Crippen molar-refractivity contribution in [1.29, 1.82) is 0 Å². The third kappa shape index (κ3) is 17.4. The first-order valence-corrected chi connectivity index (χ1v) is 15.2. The Morgan fingerprint density at radius 2 is 1.24 bits per heavy atom. The maximum absolute atomic E-state index is 11.9. The first kappa shape index (κ1) is 38.3. The third-order valence-electron chi connectivity index (χ3n) is 7.32. The standard InChI is InChI=1S/C30H50N4O11/c1-42-14-15-43-16-17-44-18-19-45-27-4-2-25(3-5-27)20-26-21-33(23-29(38)39)9-8-32(22-28(36)37)7-6-31(12-13-35)10-11-34(26)24-30(40)41/h2-5,26,35H,6-24H2,1H3,(H,36,37)(H,38,39)(H,40,41)/t26-/m0/s1. The molecule has 1 aromatic carbocycles. The van der Waals surface area contributed by atoms with Gasteiger partial charge in [-0.15, -0.1) is 0 Å². The summed E-state index contributed by atoms with van der Waals surface area (Å²) in [4.78, 5) is 42.5. The minimum absolute atomic E-state index is 0.0858. The summed E-state index contributed by atoms with van der Waals surface area (Å²) in [5.41, 5.74) is 0.925. The van der Waals surface area contributed by atoms with Gasteiger partial charge in [0.2, 0.25) is 0 Å². The quantitative estimate of drug-likeness (QED) is 0.129. The Labute approximate surface area is 264 Å². The summed E-state index contributed by atoms with van der Waals surface area (Å²) in [7, 11) is 1.62. The average Bonchev–Trinajstić information content (AvgIpc) is 2.98. The molecule has 2 rings (SSSR count). The number of aliphatic hydroxyl groups excluding tert-OH is 1. The molecule has 15 heteroatoms. The molecule has 0 amide bonds. The lowest BCUT2D eigenvalue weighted by Crippen LogP contribution is -2.53. The molecule has 0 radical (unpaired) electrons. The minimum atomic E-state index is -1.02. The summed E-state index contributed by atoms with van der Waals surface area (Å²) in [6.07, 6.45) is 0.453. The number of carboxylic acid groups (broad SMARTS) is 3. The van der Waals surface area contributed by atoms with Crippen LogP contribution in [0.25, 0.3) is 0 Å². The van der Waals surface area contributed by atoms with E-state index < -0.39 is 17.9 Å². The number of carboxylic acids is 3. The smallest absolute Gasteiger partial charge is 0.317 e. The van der Waals surface area contributed by atoms with Gasteiger partial charge in [-0.2, -0.15) is 0 Å². The van der Waals surface area contributed by atoms with E-state index in [9.17, 15) is 34.8 Å². The Bertz CT molecular complexity index is 985. The zero-order valence-corrected chi connectivity index (χ0v) is 26.3. The van der Waals surface area contributed by atoms with Crippen molar-refractivity contribution >= 4 is 17.9 Å². The lowest BCUT2D eigenvalue weighted by molar-refractivity contribution is -0.141. The van der Waals surface area contributed by atoms with Crippen molar-refractivity contribution in [3.63, 3.8) is 0 Å². The van der Waals surface area contributed by atoms with Crippen LogP contribution in [-0.2, 0) is 35.0 Å². The van der Waals surface area contributed by atoms with E-state index >= 15 is 0 Å². The van der Waals surface area contributed by atoms with Crippen molar-refractivity contribution in [1.82, 2.24) is 19.6 Å². The van der Waals surface area contributed by atoms with Gasteiger partial charge in [0.25, 0.3) is 0 Å². The van der Waals surface area contributed by atoms with Crippen LogP contribution >= 0.6 is 0 Å². The van der Waals surface area contributed by atoms with Gasteiger partial charge in [-0.05, 0) is 24.1 Å². The molecule has 0 aromatic heterocycles. The Hall–Kier alpha value is -2.89. The summed E-state index contributed by atoms with van der Waals surface area (Å²) in [6.45, 7) is 4.96. The predicted octanol–water partition coefficient (Wildman–Crippen LogP) is -0.876.